The Hall–Kier alpha value is -2.64. The van der Waals surface area contributed by atoms with E-state index in [1.807, 2.05) is 30.3 Å². The number of anilines is 1. The maximum absolute atomic E-state index is 12.8. The minimum atomic E-state index is -3.45. The SMILES string of the molecule is CCN(CC)CCOc1ccc(NS(C)(=O)=O)cc1C(=O)/C=C/c1ccccc1. The van der Waals surface area contributed by atoms with Crippen molar-refractivity contribution in [1.82, 2.24) is 4.90 Å². The summed E-state index contributed by atoms with van der Waals surface area (Å²) in [4.78, 5) is 15.0. The third kappa shape index (κ3) is 7.71. The first kappa shape index (κ1) is 22.6. The van der Waals surface area contributed by atoms with Gasteiger partial charge in [-0.05, 0) is 42.9 Å². The summed E-state index contributed by atoms with van der Waals surface area (Å²) in [6.07, 6.45) is 4.25. The zero-order chi connectivity index (χ0) is 21.3. The summed E-state index contributed by atoms with van der Waals surface area (Å²) in [5.41, 5.74) is 1.53. The molecule has 0 saturated carbocycles. The number of likely N-dealkylation sites (N-methyl/N-ethyl adjacent to an activating group) is 1. The van der Waals surface area contributed by atoms with Gasteiger partial charge in [-0.1, -0.05) is 50.3 Å². The lowest BCUT2D eigenvalue weighted by molar-refractivity contribution is 0.104. The van der Waals surface area contributed by atoms with Crippen LogP contribution in [0.3, 0.4) is 0 Å². The molecule has 2 rings (SSSR count). The van der Waals surface area contributed by atoms with Gasteiger partial charge < -0.3 is 9.64 Å². The van der Waals surface area contributed by atoms with Crippen LogP contribution < -0.4 is 9.46 Å². The van der Waals surface area contributed by atoms with E-state index in [9.17, 15) is 13.2 Å². The van der Waals surface area contributed by atoms with Gasteiger partial charge in [0, 0.05) is 12.2 Å². The normalized spacial score (nSPS) is 11.7. The molecule has 0 heterocycles. The fourth-order valence-corrected chi connectivity index (χ4v) is 3.33. The molecule has 0 aliphatic carbocycles. The number of carbonyl (C=O) groups excluding carboxylic acids is 1. The van der Waals surface area contributed by atoms with E-state index in [0.717, 1.165) is 31.5 Å². The third-order valence-corrected chi connectivity index (χ3v) is 4.94. The van der Waals surface area contributed by atoms with Crippen LogP contribution in [0, 0.1) is 0 Å². The molecular formula is C22H28N2O4S. The molecular weight excluding hydrogens is 388 g/mol. The summed E-state index contributed by atoms with van der Waals surface area (Å²) < 4.78 is 31.3. The van der Waals surface area contributed by atoms with Gasteiger partial charge in [0.1, 0.15) is 12.4 Å². The molecule has 0 aliphatic rings. The van der Waals surface area contributed by atoms with Gasteiger partial charge in [-0.3, -0.25) is 9.52 Å². The summed E-state index contributed by atoms with van der Waals surface area (Å²) in [5, 5.41) is 0. The van der Waals surface area contributed by atoms with Crippen molar-refractivity contribution in [2.24, 2.45) is 0 Å². The highest BCUT2D eigenvalue weighted by atomic mass is 32.2. The van der Waals surface area contributed by atoms with Gasteiger partial charge >= 0.3 is 0 Å². The topological polar surface area (TPSA) is 75.7 Å². The Morgan fingerprint density at radius 2 is 1.79 bits per heavy atom. The summed E-state index contributed by atoms with van der Waals surface area (Å²) >= 11 is 0. The first-order valence-electron chi connectivity index (χ1n) is 9.56. The highest BCUT2D eigenvalue weighted by Crippen LogP contribution is 2.25. The van der Waals surface area contributed by atoms with E-state index in [1.54, 1.807) is 18.2 Å². The molecule has 2 aromatic rings. The second-order valence-electron chi connectivity index (χ2n) is 6.57. The fraction of sp³-hybridized carbons (Fsp3) is 0.318. The predicted molar refractivity (Wildman–Crippen MR) is 118 cm³/mol. The van der Waals surface area contributed by atoms with Crippen molar-refractivity contribution in [3.05, 3.63) is 65.7 Å². The molecule has 1 N–H and O–H groups in total. The van der Waals surface area contributed by atoms with Gasteiger partial charge in [-0.15, -0.1) is 0 Å². The van der Waals surface area contributed by atoms with Crippen molar-refractivity contribution in [2.75, 3.05) is 37.2 Å². The highest BCUT2D eigenvalue weighted by molar-refractivity contribution is 7.92. The van der Waals surface area contributed by atoms with Crippen LogP contribution in [-0.4, -0.2) is 51.6 Å². The molecule has 0 amide bonds. The molecule has 0 spiro atoms. The minimum absolute atomic E-state index is 0.260. The first-order chi connectivity index (χ1) is 13.8. The van der Waals surface area contributed by atoms with Crippen molar-refractivity contribution in [1.29, 1.82) is 0 Å². The summed E-state index contributed by atoms with van der Waals surface area (Å²) in [6, 6.07) is 14.2. The molecule has 0 aromatic heterocycles. The molecule has 0 bridgehead atoms. The van der Waals surface area contributed by atoms with E-state index in [2.05, 4.69) is 23.5 Å². The number of hydrogen-bond donors (Lipinski definition) is 1. The summed E-state index contributed by atoms with van der Waals surface area (Å²) in [6.45, 7) is 7.18. The van der Waals surface area contributed by atoms with E-state index in [-0.39, 0.29) is 5.78 Å². The molecule has 0 unspecified atom stereocenters. The molecule has 6 nitrogen and oxygen atoms in total. The Balaban J connectivity index is 2.24. The molecule has 0 saturated heterocycles. The number of benzene rings is 2. The van der Waals surface area contributed by atoms with Crippen LogP contribution in [0.15, 0.2) is 54.6 Å². The van der Waals surface area contributed by atoms with Crippen LogP contribution in [0.5, 0.6) is 5.75 Å². The zero-order valence-electron chi connectivity index (χ0n) is 17.1. The third-order valence-electron chi connectivity index (χ3n) is 4.33. The van der Waals surface area contributed by atoms with E-state index >= 15 is 0 Å². The van der Waals surface area contributed by atoms with Gasteiger partial charge in [-0.25, -0.2) is 8.42 Å². The van der Waals surface area contributed by atoms with Crippen LogP contribution in [-0.2, 0) is 10.0 Å². The predicted octanol–water partition coefficient (Wildman–Crippen LogP) is 3.67. The average molecular weight is 417 g/mol. The number of carbonyl (C=O) groups is 1. The number of allylic oxidation sites excluding steroid dienone is 1. The largest absolute Gasteiger partial charge is 0.491 e. The van der Waals surface area contributed by atoms with Gasteiger partial charge in [0.2, 0.25) is 10.0 Å². The molecule has 0 atom stereocenters. The van der Waals surface area contributed by atoms with Crippen molar-refractivity contribution in [3.63, 3.8) is 0 Å². The highest BCUT2D eigenvalue weighted by Gasteiger charge is 2.14. The maximum atomic E-state index is 12.8. The lowest BCUT2D eigenvalue weighted by Crippen LogP contribution is -2.28. The van der Waals surface area contributed by atoms with E-state index in [4.69, 9.17) is 4.74 Å². The number of ether oxygens (including phenoxy) is 1. The van der Waals surface area contributed by atoms with Crippen molar-refractivity contribution >= 4 is 27.6 Å². The number of ketones is 1. The van der Waals surface area contributed by atoms with Gasteiger partial charge in [-0.2, -0.15) is 0 Å². The Labute approximate surface area is 173 Å². The molecule has 0 radical (unpaired) electrons. The fourth-order valence-electron chi connectivity index (χ4n) is 2.78. The van der Waals surface area contributed by atoms with Gasteiger partial charge in [0.15, 0.2) is 5.78 Å². The average Bonchev–Trinajstić information content (AvgIpc) is 2.70. The van der Waals surface area contributed by atoms with E-state index in [1.165, 1.54) is 12.1 Å². The Bertz CT molecular complexity index is 937. The summed E-state index contributed by atoms with van der Waals surface area (Å²) in [7, 11) is -3.45. The van der Waals surface area contributed by atoms with Crippen LogP contribution in [0.4, 0.5) is 5.69 Å². The molecule has 29 heavy (non-hydrogen) atoms. The summed E-state index contributed by atoms with van der Waals surface area (Å²) in [5.74, 6) is 0.169. The molecule has 7 heteroatoms. The standard InChI is InChI=1S/C22H28N2O4S/c1-4-24(5-2)15-16-28-22-14-12-19(23-29(3,26)27)17-20(22)21(25)13-11-18-9-7-6-8-10-18/h6-14,17,23H,4-5,15-16H2,1-3H3/b13-11+. The Morgan fingerprint density at radius 3 is 2.41 bits per heavy atom. The second-order valence-corrected chi connectivity index (χ2v) is 8.32. The van der Waals surface area contributed by atoms with Crippen molar-refractivity contribution in [2.45, 2.75) is 13.8 Å². The number of sulfonamides is 1. The van der Waals surface area contributed by atoms with Crippen molar-refractivity contribution in [3.8, 4) is 5.75 Å². The Kier molecular flexibility index (Phi) is 8.42. The number of nitrogens with one attached hydrogen (secondary N) is 1. The van der Waals surface area contributed by atoms with Crippen LogP contribution in [0.1, 0.15) is 29.8 Å². The number of nitrogens with zero attached hydrogens (tertiary/aromatic N) is 1. The molecule has 0 fully saturated rings. The smallest absolute Gasteiger partial charge is 0.229 e. The van der Waals surface area contributed by atoms with Crippen LogP contribution in [0.2, 0.25) is 0 Å². The van der Waals surface area contributed by atoms with Crippen LogP contribution >= 0.6 is 0 Å². The minimum Gasteiger partial charge on any atom is -0.491 e. The van der Waals surface area contributed by atoms with E-state index in [0.29, 0.717) is 23.6 Å². The maximum Gasteiger partial charge on any atom is 0.229 e. The van der Waals surface area contributed by atoms with E-state index < -0.39 is 10.0 Å². The van der Waals surface area contributed by atoms with Crippen LogP contribution in [0.25, 0.3) is 6.08 Å². The quantitative estimate of drug-likeness (QED) is 0.447. The zero-order valence-corrected chi connectivity index (χ0v) is 17.9. The Morgan fingerprint density at radius 1 is 1.10 bits per heavy atom. The lowest BCUT2D eigenvalue weighted by atomic mass is 10.1. The van der Waals surface area contributed by atoms with Gasteiger partial charge in [0.05, 0.1) is 11.8 Å². The monoisotopic (exact) mass is 416 g/mol. The molecule has 0 aliphatic heterocycles. The molecule has 156 valence electrons. The number of rotatable bonds is 11. The molecule has 2 aromatic carbocycles. The second kappa shape index (κ2) is 10.8. The van der Waals surface area contributed by atoms with Gasteiger partial charge in [0.25, 0.3) is 0 Å². The lowest BCUT2D eigenvalue weighted by Gasteiger charge is -2.19. The first-order valence-corrected chi connectivity index (χ1v) is 11.5. The number of hydrogen-bond acceptors (Lipinski definition) is 5. The van der Waals surface area contributed by atoms with Crippen molar-refractivity contribution < 1.29 is 17.9 Å².